The number of carbonyl (C=O) groups is 2. The van der Waals surface area contributed by atoms with E-state index in [1.54, 1.807) is 42.0 Å². The van der Waals surface area contributed by atoms with Gasteiger partial charge in [0.05, 0.1) is 19.7 Å². The number of carbonyl (C=O) groups excluding carboxylic acids is 2. The van der Waals surface area contributed by atoms with E-state index in [2.05, 4.69) is 15.6 Å². The molecule has 1 N–H and O–H groups in total. The highest BCUT2D eigenvalue weighted by molar-refractivity contribution is 6.02. The van der Waals surface area contributed by atoms with Gasteiger partial charge in [-0.15, -0.1) is 5.10 Å². The van der Waals surface area contributed by atoms with E-state index in [1.807, 2.05) is 55.5 Å². The van der Waals surface area contributed by atoms with Gasteiger partial charge in [-0.05, 0) is 55.7 Å². The Balaban J connectivity index is 1.62. The molecule has 5 rings (SSSR count). The number of aromatic nitrogens is 3. The third-order valence-electron chi connectivity index (χ3n) is 7.54. The zero-order chi connectivity index (χ0) is 28.1. The standard InChI is InChI=1S/C31H35N5O4/c1-21-11-7-9-15-26(21)36(29(37)20-35-27-16-10-8-14-25(27)33-34-35)30(31(38)32-22-12-5-4-6-13-22)24-18-17-23(39-2)19-28(24)40-3/h7-11,14-19,22,30H,4-6,12-13,20H2,1-3H3,(H,32,38)/t30-/m1/s1. The van der Waals surface area contributed by atoms with E-state index < -0.39 is 6.04 Å². The molecule has 0 bridgehead atoms. The smallest absolute Gasteiger partial charge is 0.249 e. The van der Waals surface area contributed by atoms with Crippen LogP contribution < -0.4 is 19.7 Å². The van der Waals surface area contributed by atoms with Crippen LogP contribution in [0, 0.1) is 6.92 Å². The lowest BCUT2D eigenvalue weighted by atomic mass is 9.94. The molecule has 0 unspecified atom stereocenters. The lowest BCUT2D eigenvalue weighted by molar-refractivity contribution is -0.127. The average Bonchev–Trinajstić information content (AvgIpc) is 3.39. The van der Waals surface area contributed by atoms with Gasteiger partial charge in [-0.2, -0.15) is 0 Å². The van der Waals surface area contributed by atoms with Crippen LogP contribution in [0.4, 0.5) is 5.69 Å². The minimum absolute atomic E-state index is 0.0566. The third kappa shape index (κ3) is 5.64. The number of fused-ring (bicyclic) bond motifs is 1. The van der Waals surface area contributed by atoms with Gasteiger partial charge < -0.3 is 14.8 Å². The summed E-state index contributed by atoms with van der Waals surface area (Å²) in [5.74, 6) is 0.498. The van der Waals surface area contributed by atoms with Gasteiger partial charge in [-0.25, -0.2) is 4.68 Å². The van der Waals surface area contributed by atoms with Crippen LogP contribution in [-0.2, 0) is 16.1 Å². The second-order valence-corrected chi connectivity index (χ2v) is 10.1. The molecule has 9 heteroatoms. The summed E-state index contributed by atoms with van der Waals surface area (Å²) in [5.41, 5.74) is 3.50. The minimum atomic E-state index is -0.994. The first-order chi connectivity index (χ1) is 19.5. The summed E-state index contributed by atoms with van der Waals surface area (Å²) >= 11 is 0. The van der Waals surface area contributed by atoms with E-state index in [1.165, 1.54) is 6.42 Å². The van der Waals surface area contributed by atoms with Gasteiger partial charge in [-0.3, -0.25) is 14.5 Å². The number of rotatable bonds is 9. The van der Waals surface area contributed by atoms with Gasteiger partial charge in [0.1, 0.15) is 29.6 Å². The van der Waals surface area contributed by atoms with Crippen molar-refractivity contribution in [3.05, 3.63) is 77.9 Å². The second kappa shape index (κ2) is 12.2. The Morgan fingerprint density at radius 3 is 2.50 bits per heavy atom. The number of hydrogen-bond donors (Lipinski definition) is 1. The van der Waals surface area contributed by atoms with Gasteiger partial charge in [0.15, 0.2) is 0 Å². The number of aryl methyl sites for hydroxylation is 1. The number of ether oxygens (including phenoxy) is 2. The minimum Gasteiger partial charge on any atom is -0.497 e. The molecular weight excluding hydrogens is 506 g/mol. The van der Waals surface area contributed by atoms with Crippen molar-refractivity contribution in [2.45, 2.75) is 57.7 Å². The first-order valence-corrected chi connectivity index (χ1v) is 13.7. The van der Waals surface area contributed by atoms with Crippen molar-refractivity contribution in [3.63, 3.8) is 0 Å². The molecular formula is C31H35N5O4. The number of nitrogens with one attached hydrogen (secondary N) is 1. The van der Waals surface area contributed by atoms with Crippen LogP contribution in [0.15, 0.2) is 66.7 Å². The average molecular weight is 542 g/mol. The van der Waals surface area contributed by atoms with Crippen LogP contribution >= 0.6 is 0 Å². The second-order valence-electron chi connectivity index (χ2n) is 10.1. The quantitative estimate of drug-likeness (QED) is 0.321. The molecule has 1 aliphatic rings. The molecule has 0 spiro atoms. The molecule has 1 aliphatic carbocycles. The number of benzene rings is 3. The lowest BCUT2D eigenvalue weighted by Crippen LogP contribution is -2.48. The Labute approximate surface area is 234 Å². The van der Waals surface area contributed by atoms with Gasteiger partial charge in [0, 0.05) is 23.4 Å². The summed E-state index contributed by atoms with van der Waals surface area (Å²) in [6.07, 6.45) is 5.15. The van der Waals surface area contributed by atoms with Crippen LogP contribution in [0.3, 0.4) is 0 Å². The number of amides is 2. The largest absolute Gasteiger partial charge is 0.497 e. The molecule has 1 saturated carbocycles. The van der Waals surface area contributed by atoms with Crippen LogP contribution in [0.1, 0.15) is 49.3 Å². The van der Waals surface area contributed by atoms with E-state index in [-0.39, 0.29) is 24.4 Å². The SMILES string of the molecule is COc1ccc([C@H](C(=O)NC2CCCCC2)N(C(=O)Cn2nnc3ccccc32)c2ccccc2C)c(OC)c1. The Hall–Kier alpha value is -4.40. The predicted octanol–water partition coefficient (Wildman–Crippen LogP) is 4.98. The molecule has 208 valence electrons. The van der Waals surface area contributed by atoms with Crippen molar-refractivity contribution in [2.24, 2.45) is 0 Å². The van der Waals surface area contributed by atoms with Gasteiger partial charge in [0.2, 0.25) is 11.8 Å². The van der Waals surface area contributed by atoms with Gasteiger partial charge in [-0.1, -0.05) is 54.8 Å². The molecule has 0 saturated heterocycles. The molecule has 0 radical (unpaired) electrons. The maximum absolute atomic E-state index is 14.3. The molecule has 1 fully saturated rings. The Bertz CT molecular complexity index is 1490. The van der Waals surface area contributed by atoms with Crippen molar-refractivity contribution in [2.75, 3.05) is 19.1 Å². The third-order valence-corrected chi connectivity index (χ3v) is 7.54. The molecule has 9 nitrogen and oxygen atoms in total. The Kier molecular flexibility index (Phi) is 8.28. The van der Waals surface area contributed by atoms with Crippen LogP contribution in [0.25, 0.3) is 11.0 Å². The summed E-state index contributed by atoms with van der Waals surface area (Å²) in [6, 6.07) is 19.5. The van der Waals surface area contributed by atoms with E-state index in [9.17, 15) is 9.59 Å². The summed E-state index contributed by atoms with van der Waals surface area (Å²) in [7, 11) is 3.13. The maximum Gasteiger partial charge on any atom is 0.249 e. The topological polar surface area (TPSA) is 98.6 Å². The maximum atomic E-state index is 14.3. The molecule has 2 amide bonds. The van der Waals surface area contributed by atoms with Crippen molar-refractivity contribution in [1.82, 2.24) is 20.3 Å². The summed E-state index contributed by atoms with van der Waals surface area (Å²) in [5, 5.41) is 11.7. The molecule has 4 aromatic rings. The van der Waals surface area contributed by atoms with Crippen LogP contribution in [0.2, 0.25) is 0 Å². The zero-order valence-electron chi connectivity index (χ0n) is 23.2. The Morgan fingerprint density at radius 2 is 1.75 bits per heavy atom. The van der Waals surface area contributed by atoms with Crippen molar-refractivity contribution in [1.29, 1.82) is 0 Å². The van der Waals surface area contributed by atoms with E-state index in [0.29, 0.717) is 28.3 Å². The normalized spacial score (nSPS) is 14.5. The van der Waals surface area contributed by atoms with E-state index in [0.717, 1.165) is 36.8 Å². The highest BCUT2D eigenvalue weighted by Crippen LogP contribution is 2.37. The van der Waals surface area contributed by atoms with Crippen LogP contribution in [0.5, 0.6) is 11.5 Å². The zero-order valence-corrected chi connectivity index (χ0v) is 23.2. The monoisotopic (exact) mass is 541 g/mol. The number of methoxy groups -OCH3 is 2. The number of para-hydroxylation sites is 2. The lowest BCUT2D eigenvalue weighted by Gasteiger charge is -2.35. The van der Waals surface area contributed by atoms with Gasteiger partial charge >= 0.3 is 0 Å². The summed E-state index contributed by atoms with van der Waals surface area (Å²) in [6.45, 7) is 1.84. The fraction of sp³-hybridized carbons (Fsp3) is 0.355. The Morgan fingerprint density at radius 1 is 1.00 bits per heavy atom. The number of hydrogen-bond acceptors (Lipinski definition) is 6. The highest BCUT2D eigenvalue weighted by Gasteiger charge is 2.37. The fourth-order valence-corrected chi connectivity index (χ4v) is 5.46. The molecule has 1 heterocycles. The van der Waals surface area contributed by atoms with E-state index >= 15 is 0 Å². The first-order valence-electron chi connectivity index (χ1n) is 13.7. The highest BCUT2D eigenvalue weighted by atomic mass is 16.5. The summed E-state index contributed by atoms with van der Waals surface area (Å²) < 4.78 is 12.7. The van der Waals surface area contributed by atoms with Crippen molar-refractivity contribution >= 4 is 28.5 Å². The number of anilines is 1. The summed E-state index contributed by atoms with van der Waals surface area (Å²) in [4.78, 5) is 30.2. The van der Waals surface area contributed by atoms with Gasteiger partial charge in [0.25, 0.3) is 0 Å². The van der Waals surface area contributed by atoms with E-state index in [4.69, 9.17) is 9.47 Å². The molecule has 1 atom stereocenters. The van der Waals surface area contributed by atoms with Crippen molar-refractivity contribution in [3.8, 4) is 11.5 Å². The fourth-order valence-electron chi connectivity index (χ4n) is 5.46. The van der Waals surface area contributed by atoms with Crippen molar-refractivity contribution < 1.29 is 19.1 Å². The first kappa shape index (κ1) is 27.2. The van der Waals surface area contributed by atoms with Crippen LogP contribution in [-0.4, -0.2) is 47.1 Å². The molecule has 1 aromatic heterocycles. The molecule has 40 heavy (non-hydrogen) atoms. The molecule has 0 aliphatic heterocycles. The molecule has 3 aromatic carbocycles. The predicted molar refractivity (Wildman–Crippen MR) is 153 cm³/mol. The number of nitrogens with zero attached hydrogens (tertiary/aromatic N) is 4.